The summed E-state index contributed by atoms with van der Waals surface area (Å²) in [5.74, 6) is 1.05. The van der Waals surface area contributed by atoms with Gasteiger partial charge in [-0.2, -0.15) is 0 Å². The molecular formula is C15H28N2. The molecule has 3 atom stereocenters. The van der Waals surface area contributed by atoms with Gasteiger partial charge in [-0.05, 0) is 64.5 Å². The fourth-order valence-corrected chi connectivity index (χ4v) is 4.64. The predicted octanol–water partition coefficient (Wildman–Crippen LogP) is 2.78. The van der Waals surface area contributed by atoms with E-state index in [0.717, 1.165) is 24.0 Å². The highest BCUT2D eigenvalue weighted by Gasteiger charge is 2.39. The topological polar surface area (TPSA) is 15.3 Å². The second-order valence-electron chi connectivity index (χ2n) is 6.44. The molecule has 3 rings (SSSR count). The Balaban J connectivity index is 1.61. The minimum Gasteiger partial charge on any atom is -0.317 e. The van der Waals surface area contributed by atoms with E-state index in [-0.39, 0.29) is 0 Å². The number of nitrogens with one attached hydrogen (secondary N) is 1. The van der Waals surface area contributed by atoms with Gasteiger partial charge in [0.05, 0.1) is 0 Å². The van der Waals surface area contributed by atoms with Crippen LogP contribution in [0, 0.1) is 5.92 Å². The Kier molecular flexibility index (Phi) is 3.72. The molecule has 2 aliphatic carbocycles. The van der Waals surface area contributed by atoms with Crippen LogP contribution in [0.2, 0.25) is 0 Å². The normalized spacial score (nSPS) is 40.4. The van der Waals surface area contributed by atoms with E-state index in [4.69, 9.17) is 0 Å². The lowest BCUT2D eigenvalue weighted by atomic mass is 9.95. The van der Waals surface area contributed by atoms with E-state index in [9.17, 15) is 0 Å². The molecule has 0 aromatic rings. The van der Waals surface area contributed by atoms with Crippen molar-refractivity contribution in [3.8, 4) is 0 Å². The molecule has 0 aromatic carbocycles. The van der Waals surface area contributed by atoms with Crippen molar-refractivity contribution in [3.63, 3.8) is 0 Å². The van der Waals surface area contributed by atoms with Gasteiger partial charge < -0.3 is 5.32 Å². The summed E-state index contributed by atoms with van der Waals surface area (Å²) in [5, 5.41) is 3.48. The molecule has 0 bridgehead atoms. The van der Waals surface area contributed by atoms with Crippen molar-refractivity contribution >= 4 is 0 Å². The van der Waals surface area contributed by atoms with Crippen LogP contribution in [0.1, 0.15) is 57.8 Å². The van der Waals surface area contributed by atoms with E-state index >= 15 is 0 Å². The van der Waals surface area contributed by atoms with Crippen LogP contribution >= 0.6 is 0 Å². The zero-order chi connectivity index (χ0) is 11.7. The van der Waals surface area contributed by atoms with Gasteiger partial charge in [0.25, 0.3) is 0 Å². The summed E-state index contributed by atoms with van der Waals surface area (Å²) in [7, 11) is 2.13. The third kappa shape index (κ3) is 2.39. The summed E-state index contributed by atoms with van der Waals surface area (Å²) < 4.78 is 0. The Bertz CT molecular complexity index is 247. The SMILES string of the molecule is CNC1CCC(N2CCCC2C2CCCC2)C1. The van der Waals surface area contributed by atoms with Crippen LogP contribution in [0.25, 0.3) is 0 Å². The first kappa shape index (κ1) is 12.0. The van der Waals surface area contributed by atoms with Crippen molar-refractivity contribution in [1.29, 1.82) is 0 Å². The van der Waals surface area contributed by atoms with Crippen molar-refractivity contribution in [2.24, 2.45) is 5.92 Å². The second-order valence-corrected chi connectivity index (χ2v) is 6.44. The zero-order valence-electron chi connectivity index (χ0n) is 11.3. The molecule has 2 saturated carbocycles. The van der Waals surface area contributed by atoms with Gasteiger partial charge in [-0.3, -0.25) is 4.90 Å². The highest BCUT2D eigenvalue weighted by molar-refractivity contribution is 4.95. The summed E-state index contributed by atoms with van der Waals surface area (Å²) in [5.41, 5.74) is 0. The first-order valence-corrected chi connectivity index (χ1v) is 7.81. The molecule has 17 heavy (non-hydrogen) atoms. The molecule has 3 aliphatic rings. The molecule has 2 heteroatoms. The van der Waals surface area contributed by atoms with Crippen LogP contribution in [-0.4, -0.2) is 36.6 Å². The molecule has 1 N–H and O–H groups in total. The first-order valence-electron chi connectivity index (χ1n) is 7.81. The molecule has 0 aromatic heterocycles. The number of hydrogen-bond donors (Lipinski definition) is 1. The lowest BCUT2D eigenvalue weighted by Crippen LogP contribution is -2.41. The van der Waals surface area contributed by atoms with Crippen LogP contribution in [0.4, 0.5) is 0 Å². The van der Waals surface area contributed by atoms with E-state index < -0.39 is 0 Å². The Hall–Kier alpha value is -0.0800. The Morgan fingerprint density at radius 3 is 2.47 bits per heavy atom. The van der Waals surface area contributed by atoms with Crippen molar-refractivity contribution < 1.29 is 0 Å². The van der Waals surface area contributed by atoms with Crippen LogP contribution < -0.4 is 5.32 Å². The van der Waals surface area contributed by atoms with Gasteiger partial charge in [-0.1, -0.05) is 12.8 Å². The molecule has 3 fully saturated rings. The highest BCUT2D eigenvalue weighted by Crippen LogP contribution is 2.39. The van der Waals surface area contributed by atoms with E-state index in [1.807, 2.05) is 0 Å². The highest BCUT2D eigenvalue weighted by atomic mass is 15.2. The van der Waals surface area contributed by atoms with Crippen LogP contribution in [0.5, 0.6) is 0 Å². The summed E-state index contributed by atoms with van der Waals surface area (Å²) in [6, 6.07) is 2.66. The molecule has 2 nitrogen and oxygen atoms in total. The number of rotatable bonds is 3. The standard InChI is InChI=1S/C15H28N2/c1-16-13-8-9-14(11-13)17-10-4-7-15(17)12-5-2-3-6-12/h12-16H,2-11H2,1H3. The van der Waals surface area contributed by atoms with Gasteiger partial charge >= 0.3 is 0 Å². The molecule has 3 unspecified atom stereocenters. The van der Waals surface area contributed by atoms with Crippen LogP contribution in [-0.2, 0) is 0 Å². The Morgan fingerprint density at radius 2 is 1.76 bits per heavy atom. The monoisotopic (exact) mass is 236 g/mol. The molecule has 1 aliphatic heterocycles. The predicted molar refractivity (Wildman–Crippen MR) is 72.2 cm³/mol. The third-order valence-electron chi connectivity index (χ3n) is 5.57. The maximum absolute atomic E-state index is 3.48. The van der Waals surface area contributed by atoms with Gasteiger partial charge in [0.1, 0.15) is 0 Å². The average Bonchev–Trinajstić information content (AvgIpc) is 3.09. The molecule has 1 heterocycles. The summed E-state index contributed by atoms with van der Waals surface area (Å²) >= 11 is 0. The van der Waals surface area contributed by atoms with E-state index in [1.54, 1.807) is 0 Å². The number of nitrogens with zero attached hydrogens (tertiary/aromatic N) is 1. The molecule has 1 saturated heterocycles. The van der Waals surface area contributed by atoms with E-state index in [1.165, 1.54) is 64.3 Å². The summed E-state index contributed by atoms with van der Waals surface area (Å²) in [4.78, 5) is 2.91. The lowest BCUT2D eigenvalue weighted by molar-refractivity contribution is 0.135. The van der Waals surface area contributed by atoms with Crippen molar-refractivity contribution in [1.82, 2.24) is 10.2 Å². The smallest absolute Gasteiger partial charge is 0.0127 e. The van der Waals surface area contributed by atoms with Crippen molar-refractivity contribution in [2.45, 2.75) is 75.9 Å². The van der Waals surface area contributed by atoms with Gasteiger partial charge in [0.15, 0.2) is 0 Å². The van der Waals surface area contributed by atoms with Crippen LogP contribution in [0.15, 0.2) is 0 Å². The number of likely N-dealkylation sites (tertiary alicyclic amines) is 1. The van der Waals surface area contributed by atoms with Crippen molar-refractivity contribution in [3.05, 3.63) is 0 Å². The Morgan fingerprint density at radius 1 is 0.941 bits per heavy atom. The van der Waals surface area contributed by atoms with Crippen molar-refractivity contribution in [2.75, 3.05) is 13.6 Å². The molecule has 0 radical (unpaired) electrons. The maximum atomic E-state index is 3.48. The van der Waals surface area contributed by atoms with Crippen LogP contribution in [0.3, 0.4) is 0 Å². The summed E-state index contributed by atoms with van der Waals surface area (Å²) in [6.45, 7) is 1.39. The minimum atomic E-state index is 0.796. The van der Waals surface area contributed by atoms with Gasteiger partial charge in [-0.15, -0.1) is 0 Å². The average molecular weight is 236 g/mol. The number of hydrogen-bond acceptors (Lipinski definition) is 2. The molecular weight excluding hydrogens is 208 g/mol. The first-order chi connectivity index (χ1) is 8.38. The lowest BCUT2D eigenvalue weighted by Gasteiger charge is -2.34. The fourth-order valence-electron chi connectivity index (χ4n) is 4.64. The minimum absolute atomic E-state index is 0.796. The maximum Gasteiger partial charge on any atom is 0.0127 e. The third-order valence-corrected chi connectivity index (χ3v) is 5.57. The van der Waals surface area contributed by atoms with Gasteiger partial charge in [0, 0.05) is 18.1 Å². The second kappa shape index (κ2) is 5.27. The zero-order valence-corrected chi connectivity index (χ0v) is 11.3. The quantitative estimate of drug-likeness (QED) is 0.810. The largest absolute Gasteiger partial charge is 0.317 e. The molecule has 0 spiro atoms. The fraction of sp³-hybridized carbons (Fsp3) is 1.00. The summed E-state index contributed by atoms with van der Waals surface area (Å²) in [6.07, 6.45) is 13.2. The van der Waals surface area contributed by atoms with Gasteiger partial charge in [-0.25, -0.2) is 0 Å². The van der Waals surface area contributed by atoms with Gasteiger partial charge in [0.2, 0.25) is 0 Å². The Labute approximate surface area is 106 Å². The molecule has 0 amide bonds. The van der Waals surface area contributed by atoms with E-state index in [0.29, 0.717) is 0 Å². The molecule has 98 valence electrons. The van der Waals surface area contributed by atoms with E-state index in [2.05, 4.69) is 17.3 Å².